The number of hydrogen-bond acceptors (Lipinski definition) is 5. The van der Waals surface area contributed by atoms with Crippen LogP contribution in [0.4, 0.5) is 17.5 Å². The van der Waals surface area contributed by atoms with Crippen LogP contribution >= 0.6 is 0 Å². The van der Waals surface area contributed by atoms with E-state index < -0.39 is 0 Å². The van der Waals surface area contributed by atoms with Gasteiger partial charge in [0.2, 0.25) is 5.95 Å². The van der Waals surface area contributed by atoms with Gasteiger partial charge in [-0.1, -0.05) is 39.0 Å². The second-order valence-corrected chi connectivity index (χ2v) is 8.72. The van der Waals surface area contributed by atoms with Gasteiger partial charge in [0, 0.05) is 45.8 Å². The molecule has 0 spiro atoms. The first kappa shape index (κ1) is 23.1. The van der Waals surface area contributed by atoms with Crippen LogP contribution in [0.3, 0.4) is 0 Å². The standard InChI is InChI=1S/C27H36N6/c1-5-32(6-2)16-10-11-19(4)23-18-29-27(28)31-26(23)30-20-14-15-25-22(17-20)21-12-8-9-13-24(21)33(25)7-3/h8-9,12-15,17-19H,5-7,10-11,16H2,1-4H3,(H3,28,29,30,31). The van der Waals surface area contributed by atoms with Crippen molar-refractivity contribution in [1.29, 1.82) is 0 Å². The summed E-state index contributed by atoms with van der Waals surface area (Å²) in [5.74, 6) is 1.44. The van der Waals surface area contributed by atoms with Gasteiger partial charge in [0.1, 0.15) is 5.82 Å². The van der Waals surface area contributed by atoms with E-state index in [0.717, 1.165) is 56.1 Å². The van der Waals surface area contributed by atoms with Crippen LogP contribution in [0.1, 0.15) is 52.0 Å². The molecule has 0 aliphatic carbocycles. The van der Waals surface area contributed by atoms with Crippen LogP contribution < -0.4 is 11.1 Å². The summed E-state index contributed by atoms with van der Waals surface area (Å²) in [4.78, 5) is 11.3. The molecule has 2 aromatic heterocycles. The van der Waals surface area contributed by atoms with Gasteiger partial charge in [-0.3, -0.25) is 0 Å². The first-order valence-corrected chi connectivity index (χ1v) is 12.2. The van der Waals surface area contributed by atoms with Gasteiger partial charge in [0.15, 0.2) is 0 Å². The van der Waals surface area contributed by atoms with E-state index in [-0.39, 0.29) is 0 Å². The number of fused-ring (bicyclic) bond motifs is 3. The zero-order chi connectivity index (χ0) is 23.4. The molecule has 33 heavy (non-hydrogen) atoms. The molecule has 0 aliphatic rings. The van der Waals surface area contributed by atoms with Crippen molar-refractivity contribution < 1.29 is 0 Å². The number of hydrogen-bond donors (Lipinski definition) is 2. The topological polar surface area (TPSA) is 72.0 Å². The van der Waals surface area contributed by atoms with Crippen molar-refractivity contribution in [2.45, 2.75) is 53.0 Å². The third-order valence-electron chi connectivity index (χ3n) is 6.72. The van der Waals surface area contributed by atoms with Crippen LogP contribution in [0.5, 0.6) is 0 Å². The van der Waals surface area contributed by atoms with Crippen molar-refractivity contribution in [2.75, 3.05) is 30.7 Å². The molecule has 0 saturated carbocycles. The Hall–Kier alpha value is -3.12. The van der Waals surface area contributed by atoms with Gasteiger partial charge < -0.3 is 20.5 Å². The molecule has 174 valence electrons. The van der Waals surface area contributed by atoms with Crippen LogP contribution in [-0.4, -0.2) is 39.1 Å². The Kier molecular flexibility index (Phi) is 7.14. The van der Waals surface area contributed by atoms with E-state index in [1.165, 1.54) is 21.8 Å². The number of rotatable bonds is 10. The molecule has 1 atom stereocenters. The monoisotopic (exact) mass is 444 g/mol. The van der Waals surface area contributed by atoms with Crippen molar-refractivity contribution in [2.24, 2.45) is 0 Å². The average molecular weight is 445 g/mol. The summed E-state index contributed by atoms with van der Waals surface area (Å²) in [5, 5.41) is 6.06. The highest BCUT2D eigenvalue weighted by molar-refractivity contribution is 6.09. The van der Waals surface area contributed by atoms with Gasteiger partial charge in [0.05, 0.1) is 0 Å². The van der Waals surface area contributed by atoms with E-state index >= 15 is 0 Å². The predicted molar refractivity (Wildman–Crippen MR) is 140 cm³/mol. The smallest absolute Gasteiger partial charge is 0.221 e. The summed E-state index contributed by atoms with van der Waals surface area (Å²) in [6.07, 6.45) is 4.12. The highest BCUT2D eigenvalue weighted by Crippen LogP contribution is 2.33. The lowest BCUT2D eigenvalue weighted by molar-refractivity contribution is 0.294. The lowest BCUT2D eigenvalue weighted by atomic mass is 9.97. The third kappa shape index (κ3) is 4.81. The molecule has 3 N–H and O–H groups in total. The second kappa shape index (κ2) is 10.2. The fourth-order valence-electron chi connectivity index (χ4n) is 4.79. The van der Waals surface area contributed by atoms with Crippen molar-refractivity contribution in [3.05, 3.63) is 54.2 Å². The van der Waals surface area contributed by atoms with Crippen molar-refractivity contribution in [3.8, 4) is 0 Å². The normalized spacial score (nSPS) is 12.6. The van der Waals surface area contributed by atoms with Crippen LogP contribution in [0.15, 0.2) is 48.7 Å². The lowest BCUT2D eigenvalue weighted by Crippen LogP contribution is -2.24. The molecule has 0 bridgehead atoms. The Morgan fingerprint density at radius 1 is 1.03 bits per heavy atom. The van der Waals surface area contributed by atoms with E-state index in [2.05, 4.69) is 94.9 Å². The fourth-order valence-corrected chi connectivity index (χ4v) is 4.79. The molecule has 4 aromatic rings. The Morgan fingerprint density at radius 2 is 1.79 bits per heavy atom. The molecule has 1 unspecified atom stereocenters. The molecule has 0 amide bonds. The number of para-hydroxylation sites is 1. The van der Waals surface area contributed by atoms with Gasteiger partial charge in [-0.2, -0.15) is 4.98 Å². The van der Waals surface area contributed by atoms with Gasteiger partial charge >= 0.3 is 0 Å². The third-order valence-corrected chi connectivity index (χ3v) is 6.72. The number of benzene rings is 2. The summed E-state index contributed by atoms with van der Waals surface area (Å²) in [5.41, 5.74) is 10.6. The highest BCUT2D eigenvalue weighted by atomic mass is 15.1. The van der Waals surface area contributed by atoms with Crippen molar-refractivity contribution in [3.63, 3.8) is 0 Å². The summed E-state index contributed by atoms with van der Waals surface area (Å²) < 4.78 is 2.36. The minimum Gasteiger partial charge on any atom is -0.368 e. The van der Waals surface area contributed by atoms with Crippen LogP contribution in [-0.2, 0) is 6.54 Å². The molecular weight excluding hydrogens is 408 g/mol. The molecule has 0 radical (unpaired) electrons. The Balaban J connectivity index is 1.61. The largest absolute Gasteiger partial charge is 0.368 e. The van der Waals surface area contributed by atoms with E-state index in [4.69, 9.17) is 5.73 Å². The quantitative estimate of drug-likeness (QED) is 0.307. The van der Waals surface area contributed by atoms with Gasteiger partial charge in [0.25, 0.3) is 0 Å². The lowest BCUT2D eigenvalue weighted by Gasteiger charge is -2.20. The minimum atomic E-state index is 0.292. The van der Waals surface area contributed by atoms with E-state index in [1.807, 2.05) is 6.20 Å². The number of aromatic nitrogens is 3. The molecule has 6 heteroatoms. The maximum Gasteiger partial charge on any atom is 0.221 e. The first-order chi connectivity index (χ1) is 16.0. The van der Waals surface area contributed by atoms with E-state index in [0.29, 0.717) is 11.9 Å². The molecule has 0 aliphatic heterocycles. The highest BCUT2D eigenvalue weighted by Gasteiger charge is 2.16. The number of nitrogens with one attached hydrogen (secondary N) is 1. The molecular formula is C27H36N6. The molecule has 4 rings (SSSR count). The summed E-state index contributed by atoms with van der Waals surface area (Å²) in [6, 6.07) is 15.1. The Bertz CT molecular complexity index is 1220. The predicted octanol–water partition coefficient (Wildman–Crippen LogP) is 6.16. The van der Waals surface area contributed by atoms with Crippen LogP contribution in [0.25, 0.3) is 21.8 Å². The molecule has 0 saturated heterocycles. The maximum absolute atomic E-state index is 5.97. The van der Waals surface area contributed by atoms with E-state index in [1.54, 1.807) is 0 Å². The fraction of sp³-hybridized carbons (Fsp3) is 0.407. The number of anilines is 3. The zero-order valence-electron chi connectivity index (χ0n) is 20.3. The van der Waals surface area contributed by atoms with Gasteiger partial charge in [-0.15, -0.1) is 0 Å². The molecule has 6 nitrogen and oxygen atoms in total. The first-order valence-electron chi connectivity index (χ1n) is 12.2. The second-order valence-electron chi connectivity index (χ2n) is 8.72. The van der Waals surface area contributed by atoms with Crippen molar-refractivity contribution >= 4 is 39.3 Å². The summed E-state index contributed by atoms with van der Waals surface area (Å²) in [7, 11) is 0. The van der Waals surface area contributed by atoms with E-state index in [9.17, 15) is 0 Å². The van der Waals surface area contributed by atoms with Crippen molar-refractivity contribution in [1.82, 2.24) is 19.4 Å². The van der Waals surface area contributed by atoms with Crippen LogP contribution in [0, 0.1) is 0 Å². The summed E-state index contributed by atoms with van der Waals surface area (Å²) >= 11 is 0. The number of nitrogen functional groups attached to an aromatic ring is 1. The number of aryl methyl sites for hydroxylation is 1. The molecule has 2 heterocycles. The minimum absolute atomic E-state index is 0.292. The Morgan fingerprint density at radius 3 is 2.55 bits per heavy atom. The van der Waals surface area contributed by atoms with Crippen LogP contribution in [0.2, 0.25) is 0 Å². The number of nitrogens with two attached hydrogens (primary N) is 1. The molecule has 2 aromatic carbocycles. The zero-order valence-corrected chi connectivity index (χ0v) is 20.3. The maximum atomic E-state index is 5.97. The average Bonchev–Trinajstić information content (AvgIpc) is 3.15. The van der Waals surface area contributed by atoms with Gasteiger partial charge in [-0.05, 0) is 69.6 Å². The van der Waals surface area contributed by atoms with Gasteiger partial charge in [-0.25, -0.2) is 4.98 Å². The summed E-state index contributed by atoms with van der Waals surface area (Å²) in [6.45, 7) is 13.1. The Labute approximate surface area is 196 Å². The number of nitrogens with zero attached hydrogens (tertiary/aromatic N) is 4. The molecule has 0 fully saturated rings. The SMILES string of the molecule is CCN(CC)CCCC(C)c1cnc(N)nc1Nc1ccc2c(c1)c1ccccc1n2CC.